The summed E-state index contributed by atoms with van der Waals surface area (Å²) in [6.45, 7) is 0. The number of ether oxygens (including phenoxy) is 2. The average molecular weight is 437 g/mol. The maximum atomic E-state index is 5.92. The molecule has 2 unspecified atom stereocenters. The van der Waals surface area contributed by atoms with Crippen molar-refractivity contribution in [3.05, 3.63) is 114 Å². The molecule has 0 saturated heterocycles. The third kappa shape index (κ3) is 4.12. The fourth-order valence-electron chi connectivity index (χ4n) is 5.08. The Hall–Kier alpha value is -3.56. The molecule has 0 fully saturated rings. The number of benzene rings is 4. The van der Waals surface area contributed by atoms with E-state index in [0.29, 0.717) is 5.92 Å². The molecule has 0 aliphatic heterocycles. The number of rotatable bonds is 3. The number of furan rings is 1. The molecular weight excluding hydrogens is 408 g/mol. The van der Waals surface area contributed by atoms with E-state index in [9.17, 15) is 0 Å². The first-order valence-corrected chi connectivity index (χ1v) is 11.3. The highest BCUT2D eigenvalue weighted by Gasteiger charge is 2.31. The minimum atomic E-state index is 0.193. The van der Waals surface area contributed by atoms with Gasteiger partial charge in [0.1, 0.15) is 5.75 Å². The molecule has 0 N–H and O–H groups in total. The van der Waals surface area contributed by atoms with Crippen LogP contribution < -0.4 is 4.74 Å². The van der Waals surface area contributed by atoms with Gasteiger partial charge in [-0.25, -0.2) is 0 Å². The number of fused-ring (bicyclic) bond motifs is 5. The van der Waals surface area contributed by atoms with Crippen molar-refractivity contribution in [3.63, 3.8) is 0 Å². The lowest BCUT2D eigenvalue weighted by molar-refractivity contribution is 0.0737. The van der Waals surface area contributed by atoms with E-state index in [0.717, 1.165) is 18.6 Å². The van der Waals surface area contributed by atoms with E-state index in [-0.39, 0.29) is 6.10 Å². The van der Waals surface area contributed by atoms with E-state index in [2.05, 4.69) is 77.2 Å². The fraction of sp³-hybridized carbons (Fsp3) is 0.200. The highest BCUT2D eigenvalue weighted by molar-refractivity contribution is 6.11. The molecule has 166 valence electrons. The van der Waals surface area contributed by atoms with Gasteiger partial charge in [0.05, 0.1) is 25.7 Å². The Morgan fingerprint density at radius 1 is 0.758 bits per heavy atom. The Morgan fingerprint density at radius 3 is 2.21 bits per heavy atom. The molecular formula is C30H28O3. The molecule has 6 rings (SSSR count). The van der Waals surface area contributed by atoms with Crippen LogP contribution in [0.15, 0.2) is 102 Å². The summed E-state index contributed by atoms with van der Waals surface area (Å²) in [4.78, 5) is 0. The van der Waals surface area contributed by atoms with Crippen LogP contribution in [0.1, 0.15) is 22.6 Å². The molecule has 0 amide bonds. The quantitative estimate of drug-likeness (QED) is 0.281. The van der Waals surface area contributed by atoms with Crippen molar-refractivity contribution in [2.24, 2.45) is 0 Å². The van der Waals surface area contributed by atoms with Crippen LogP contribution in [-0.4, -0.2) is 20.3 Å². The molecule has 1 heterocycles. The van der Waals surface area contributed by atoms with E-state index in [1.807, 2.05) is 19.2 Å². The normalized spacial score (nSPS) is 17.3. The lowest BCUT2D eigenvalue weighted by atomic mass is 9.76. The van der Waals surface area contributed by atoms with Gasteiger partial charge in [0.25, 0.3) is 0 Å². The van der Waals surface area contributed by atoms with Crippen LogP contribution in [0.5, 0.6) is 5.75 Å². The van der Waals surface area contributed by atoms with Crippen molar-refractivity contribution in [2.45, 2.75) is 24.9 Å². The molecule has 4 aromatic carbocycles. The van der Waals surface area contributed by atoms with Crippen LogP contribution in [0.25, 0.3) is 21.5 Å². The molecule has 1 aliphatic rings. The second-order valence-electron chi connectivity index (χ2n) is 8.42. The maximum absolute atomic E-state index is 5.92. The Balaban J connectivity index is 0.000000406. The fourth-order valence-corrected chi connectivity index (χ4v) is 5.08. The van der Waals surface area contributed by atoms with Gasteiger partial charge in [0, 0.05) is 18.4 Å². The van der Waals surface area contributed by atoms with Crippen LogP contribution in [0, 0.1) is 0 Å². The second-order valence-corrected chi connectivity index (χ2v) is 8.42. The number of hydrogen-bond donors (Lipinski definition) is 0. The highest BCUT2D eigenvalue weighted by atomic mass is 16.5. The summed E-state index contributed by atoms with van der Waals surface area (Å²) in [5.74, 6) is 1.31. The van der Waals surface area contributed by atoms with E-state index < -0.39 is 0 Å². The molecule has 0 radical (unpaired) electrons. The Kier molecular flexibility index (Phi) is 6.14. The Labute approximate surface area is 194 Å². The summed E-state index contributed by atoms with van der Waals surface area (Å²) < 4.78 is 16.4. The molecule has 33 heavy (non-hydrogen) atoms. The van der Waals surface area contributed by atoms with E-state index in [1.54, 1.807) is 19.6 Å². The number of hydrogen-bond acceptors (Lipinski definition) is 3. The van der Waals surface area contributed by atoms with Crippen molar-refractivity contribution in [1.82, 2.24) is 0 Å². The molecule has 0 bridgehead atoms. The van der Waals surface area contributed by atoms with Gasteiger partial charge in [-0.15, -0.1) is 0 Å². The van der Waals surface area contributed by atoms with Crippen LogP contribution in [0.4, 0.5) is 0 Å². The first-order chi connectivity index (χ1) is 16.3. The van der Waals surface area contributed by atoms with Crippen LogP contribution in [-0.2, 0) is 17.6 Å². The second kappa shape index (κ2) is 9.51. The standard InChI is InChI=1S/C26H24O2.C4H4O/c1-27-24-14-19-12-13-21-20-11-7-6-10-18(20)15-25(28-2)26(21)23(19)16-22(24)17-8-4-3-5-9-17;1-2-4-5-3-1/h3-13,15,22,24H,14,16H2,1-2H3;1-4H. The minimum absolute atomic E-state index is 0.193. The zero-order valence-electron chi connectivity index (χ0n) is 19.0. The first-order valence-electron chi connectivity index (χ1n) is 11.3. The highest BCUT2D eigenvalue weighted by Crippen LogP contribution is 2.43. The van der Waals surface area contributed by atoms with Crippen molar-refractivity contribution >= 4 is 21.5 Å². The molecule has 3 heteroatoms. The third-order valence-corrected chi connectivity index (χ3v) is 6.66. The predicted molar refractivity (Wildman–Crippen MR) is 134 cm³/mol. The predicted octanol–water partition coefficient (Wildman–Crippen LogP) is 7.18. The largest absolute Gasteiger partial charge is 0.496 e. The lowest BCUT2D eigenvalue weighted by Gasteiger charge is -2.33. The summed E-state index contributed by atoms with van der Waals surface area (Å²) in [6.07, 6.45) is 5.33. The van der Waals surface area contributed by atoms with E-state index >= 15 is 0 Å². The minimum Gasteiger partial charge on any atom is -0.496 e. The molecule has 2 atom stereocenters. The first kappa shape index (κ1) is 21.3. The molecule has 5 aromatic rings. The molecule has 3 nitrogen and oxygen atoms in total. The van der Waals surface area contributed by atoms with Gasteiger partial charge in [-0.05, 0) is 63.9 Å². The molecule has 1 aromatic heterocycles. The molecule has 1 aliphatic carbocycles. The summed E-state index contributed by atoms with van der Waals surface area (Å²) in [5, 5.41) is 5.04. The van der Waals surface area contributed by atoms with Gasteiger partial charge in [0.15, 0.2) is 0 Å². The Bertz CT molecular complexity index is 1320. The zero-order valence-corrected chi connectivity index (χ0v) is 19.0. The molecule has 0 spiro atoms. The van der Waals surface area contributed by atoms with Gasteiger partial charge in [-0.2, -0.15) is 0 Å². The molecule has 0 saturated carbocycles. The van der Waals surface area contributed by atoms with Gasteiger partial charge in [0.2, 0.25) is 0 Å². The van der Waals surface area contributed by atoms with E-state index in [4.69, 9.17) is 9.47 Å². The van der Waals surface area contributed by atoms with Crippen LogP contribution in [0.2, 0.25) is 0 Å². The number of methoxy groups -OCH3 is 2. The van der Waals surface area contributed by atoms with Crippen LogP contribution in [0.3, 0.4) is 0 Å². The van der Waals surface area contributed by atoms with E-state index in [1.165, 1.54) is 38.2 Å². The average Bonchev–Trinajstić information content (AvgIpc) is 3.48. The van der Waals surface area contributed by atoms with Crippen molar-refractivity contribution in [3.8, 4) is 5.75 Å². The maximum Gasteiger partial charge on any atom is 0.127 e. The SMILES string of the molecule is COc1cc2ccccc2c2ccc3c(c12)CC(c1ccccc1)C(OC)C3.c1ccoc1. The van der Waals surface area contributed by atoms with Crippen molar-refractivity contribution < 1.29 is 13.9 Å². The summed E-state index contributed by atoms with van der Waals surface area (Å²) >= 11 is 0. The van der Waals surface area contributed by atoms with Crippen molar-refractivity contribution in [1.29, 1.82) is 0 Å². The van der Waals surface area contributed by atoms with Gasteiger partial charge in [-0.1, -0.05) is 66.7 Å². The summed E-state index contributed by atoms with van der Waals surface area (Å²) in [6, 6.07) is 29.7. The van der Waals surface area contributed by atoms with Crippen molar-refractivity contribution in [2.75, 3.05) is 14.2 Å². The topological polar surface area (TPSA) is 31.6 Å². The van der Waals surface area contributed by atoms with Crippen LogP contribution >= 0.6 is 0 Å². The lowest BCUT2D eigenvalue weighted by Crippen LogP contribution is -2.30. The summed E-state index contributed by atoms with van der Waals surface area (Å²) in [7, 11) is 3.61. The smallest absolute Gasteiger partial charge is 0.127 e. The Morgan fingerprint density at radius 2 is 1.52 bits per heavy atom. The monoisotopic (exact) mass is 436 g/mol. The van der Waals surface area contributed by atoms with Gasteiger partial charge in [-0.3, -0.25) is 0 Å². The zero-order chi connectivity index (χ0) is 22.6. The third-order valence-electron chi connectivity index (χ3n) is 6.66. The summed E-state index contributed by atoms with van der Waals surface area (Å²) in [5.41, 5.74) is 4.12. The van der Waals surface area contributed by atoms with Gasteiger partial charge >= 0.3 is 0 Å². The van der Waals surface area contributed by atoms with Gasteiger partial charge < -0.3 is 13.9 Å².